The summed E-state index contributed by atoms with van der Waals surface area (Å²) in [6.45, 7) is -0.600. The number of hydrogen-bond donors (Lipinski definition) is 0. The van der Waals surface area contributed by atoms with Gasteiger partial charge in [0.15, 0.2) is 0 Å². The van der Waals surface area contributed by atoms with Gasteiger partial charge in [0.2, 0.25) is 0 Å². The Kier molecular flexibility index (Phi) is 4.21. The lowest BCUT2D eigenvalue weighted by Crippen LogP contribution is -2.22. The van der Waals surface area contributed by atoms with Crippen molar-refractivity contribution >= 4 is 54.1 Å². The van der Waals surface area contributed by atoms with Crippen molar-refractivity contribution in [2.24, 2.45) is 0 Å². The molecule has 0 saturated heterocycles. The molecule has 0 amide bonds. The van der Waals surface area contributed by atoms with Gasteiger partial charge in [-0.25, -0.2) is 0 Å². The molecule has 0 rings (SSSR count). The van der Waals surface area contributed by atoms with Gasteiger partial charge in [-0.3, -0.25) is 0 Å². The third-order valence-electron chi connectivity index (χ3n) is 0.657. The van der Waals surface area contributed by atoms with Gasteiger partial charge in [-0.2, -0.15) is 0 Å². The Bertz CT molecular complexity index is 114. The first-order valence-corrected chi connectivity index (χ1v) is 2.44. The molecule has 7 radical (unpaired) electrons. The zero-order chi connectivity index (χ0) is 6.57. The highest BCUT2D eigenvalue weighted by Crippen LogP contribution is 1.82. The van der Waals surface area contributed by atoms with Crippen LogP contribution in [-0.2, 0) is 0 Å². The van der Waals surface area contributed by atoms with Gasteiger partial charge in [-0.1, -0.05) is 5.02 Å². The predicted molar refractivity (Wildman–Crippen MR) is 44.9 cm³/mol. The third-order valence-corrected chi connectivity index (χ3v) is 0.892. The number of hydrogen-bond acceptors (Lipinski definition) is 1. The van der Waals surface area contributed by atoms with Crippen molar-refractivity contribution in [2.45, 2.75) is 0 Å². The normalized spacial score (nSPS) is 7.00. The topological polar surface area (TPSA) is 0 Å². The van der Waals surface area contributed by atoms with Crippen LogP contribution >= 0.6 is 12.2 Å². The van der Waals surface area contributed by atoms with Crippen molar-refractivity contribution in [3.8, 4) is 0 Å². The second-order valence-electron chi connectivity index (χ2n) is 1.25. The molecule has 0 aliphatic heterocycles. The fraction of sp³-hybridized carbons (Fsp3) is 0. The number of rotatable bonds is 2. The Balaban J connectivity index is 3.92. The van der Waals surface area contributed by atoms with Gasteiger partial charge in [0, 0.05) is 23.2 Å². The summed E-state index contributed by atoms with van der Waals surface area (Å²) in [6, 6.07) is 0. The summed E-state index contributed by atoms with van der Waals surface area (Å²) in [4.78, 5) is 0. The lowest BCUT2D eigenvalue weighted by Gasteiger charge is -1.99. The van der Waals surface area contributed by atoms with Crippen LogP contribution in [0.25, 0.3) is 0 Å². The molecule has 0 aromatic heterocycles. The number of thiocarbonyl (C=S) groups is 1. The molecule has 0 unspecified atom stereocenters. The monoisotopic (exact) mass is 111 g/mol. The van der Waals surface area contributed by atoms with E-state index in [1.165, 1.54) is 7.17 Å². The summed E-state index contributed by atoms with van der Waals surface area (Å²) in [7, 11) is 16.6. The van der Waals surface area contributed by atoms with Crippen LogP contribution in [0.1, 0.15) is 0 Å². The van der Waals surface area contributed by atoms with Gasteiger partial charge in [-0.15, -0.1) is 5.37 Å². The van der Waals surface area contributed by atoms with Gasteiger partial charge < -0.3 is 0 Å². The average molecular weight is 110 g/mol. The standard InChI is InChI=1S/C2B5S/c3-6-2(1-8)7(4)5. The SMILES string of the molecule is [B][B]C(=C=S)B([B])[B]. The Morgan fingerprint density at radius 3 is 2.12 bits per heavy atom. The second kappa shape index (κ2) is 4.11. The van der Waals surface area contributed by atoms with Crippen molar-refractivity contribution in [2.75, 3.05) is 0 Å². The molecule has 8 heavy (non-hydrogen) atoms. The quantitative estimate of drug-likeness (QED) is 0.312. The van der Waals surface area contributed by atoms with E-state index < -0.39 is 6.49 Å². The molecular formula is C2B5S. The smallest absolute Gasteiger partial charge is 0.0876 e. The maximum Gasteiger partial charge on any atom is 0.0876 e. The van der Waals surface area contributed by atoms with Crippen molar-refractivity contribution in [1.29, 1.82) is 0 Å². The molecule has 0 heterocycles. The Labute approximate surface area is 60.0 Å². The lowest BCUT2D eigenvalue weighted by molar-refractivity contribution is 2.56. The molecule has 0 fully saturated rings. The summed E-state index contributed by atoms with van der Waals surface area (Å²) in [6.07, 6.45) is 0. The Hall–Kier alpha value is 0.195. The molecule has 6 heteroatoms. The van der Waals surface area contributed by atoms with Crippen molar-refractivity contribution < 1.29 is 0 Å². The zero-order valence-electron chi connectivity index (χ0n) is 4.29. The van der Waals surface area contributed by atoms with Crippen LogP contribution in [0.4, 0.5) is 0 Å². The maximum atomic E-state index is 5.16. The highest BCUT2D eigenvalue weighted by Gasteiger charge is 1.99. The molecular weight excluding hydrogens is 110 g/mol. The van der Waals surface area contributed by atoms with E-state index in [-0.39, 0.29) is 0 Å². The van der Waals surface area contributed by atoms with Crippen molar-refractivity contribution in [3.63, 3.8) is 0 Å². The van der Waals surface area contributed by atoms with Gasteiger partial charge in [-0.05, 0) is 12.2 Å². The average Bonchev–Trinajstić information content (AvgIpc) is 1.69. The molecule has 0 atom stereocenters. The minimum absolute atomic E-state index is 0.458. The van der Waals surface area contributed by atoms with Gasteiger partial charge in [0.05, 0.1) is 13.7 Å². The molecule has 0 aliphatic carbocycles. The molecule has 0 nitrogen and oxygen atoms in total. The lowest BCUT2D eigenvalue weighted by atomic mass is 9.10. The summed E-state index contributed by atoms with van der Waals surface area (Å²) < 4.78 is 0. The minimum atomic E-state index is -0.600. The van der Waals surface area contributed by atoms with E-state index in [9.17, 15) is 0 Å². The van der Waals surface area contributed by atoms with E-state index in [4.69, 9.17) is 23.2 Å². The van der Waals surface area contributed by atoms with Crippen LogP contribution in [0.2, 0.25) is 0 Å². The first-order chi connectivity index (χ1) is 3.72. The summed E-state index contributed by atoms with van der Waals surface area (Å²) in [5, 5.41) is 2.78. The fourth-order valence-corrected chi connectivity index (χ4v) is 0.417. The summed E-state index contributed by atoms with van der Waals surface area (Å²) >= 11 is 4.39. The highest BCUT2D eigenvalue weighted by molar-refractivity contribution is 7.78. The van der Waals surface area contributed by atoms with Gasteiger partial charge >= 0.3 is 0 Å². The Morgan fingerprint density at radius 1 is 1.62 bits per heavy atom. The minimum Gasteiger partial charge on any atom is -0.115 e. The van der Waals surface area contributed by atoms with Crippen LogP contribution in [0.3, 0.4) is 0 Å². The summed E-state index contributed by atoms with van der Waals surface area (Å²) in [5.41, 5.74) is 0. The van der Waals surface area contributed by atoms with E-state index in [2.05, 4.69) is 17.2 Å². The van der Waals surface area contributed by atoms with Crippen LogP contribution in [-0.4, -0.2) is 41.9 Å². The van der Waals surface area contributed by atoms with Crippen LogP contribution in [0.5, 0.6) is 0 Å². The van der Waals surface area contributed by atoms with Crippen molar-refractivity contribution in [3.05, 3.63) is 5.37 Å². The largest absolute Gasteiger partial charge is 0.115 e. The maximum absolute atomic E-state index is 5.16. The van der Waals surface area contributed by atoms with Crippen molar-refractivity contribution in [1.82, 2.24) is 0 Å². The van der Waals surface area contributed by atoms with E-state index in [1.54, 1.807) is 0 Å². The molecule has 0 aromatic rings. The second-order valence-corrected chi connectivity index (χ2v) is 1.45. The molecule has 0 aliphatic rings. The molecule has 0 saturated carbocycles. The molecule has 0 spiro atoms. The molecule has 0 bridgehead atoms. The zero-order valence-corrected chi connectivity index (χ0v) is 5.11. The molecule has 29 valence electrons. The third kappa shape index (κ3) is 2.49. The fourth-order valence-electron chi connectivity index (χ4n) is 0.213. The van der Waals surface area contributed by atoms with E-state index in [0.29, 0.717) is 5.37 Å². The van der Waals surface area contributed by atoms with Gasteiger partial charge in [0.25, 0.3) is 0 Å². The highest BCUT2D eigenvalue weighted by atomic mass is 32.1. The molecule has 0 N–H and O–H groups in total. The van der Waals surface area contributed by atoms with E-state index >= 15 is 0 Å². The summed E-state index contributed by atoms with van der Waals surface area (Å²) in [5.74, 6) is 0. The van der Waals surface area contributed by atoms with E-state index in [0.717, 1.165) is 0 Å². The van der Waals surface area contributed by atoms with E-state index in [1.807, 2.05) is 0 Å². The van der Waals surface area contributed by atoms with Crippen LogP contribution in [0.15, 0.2) is 5.37 Å². The van der Waals surface area contributed by atoms with Crippen LogP contribution in [0, 0.1) is 0 Å². The first-order valence-electron chi connectivity index (χ1n) is 2.03. The van der Waals surface area contributed by atoms with Gasteiger partial charge in [0.1, 0.15) is 0 Å². The molecule has 0 aromatic carbocycles. The first kappa shape index (κ1) is 8.19. The predicted octanol–water partition coefficient (Wildman–Crippen LogP) is -1.38. The van der Waals surface area contributed by atoms with Crippen LogP contribution < -0.4 is 0 Å². The Morgan fingerprint density at radius 2 is 2.12 bits per heavy atom.